The summed E-state index contributed by atoms with van der Waals surface area (Å²) in [6, 6.07) is 13.1. The SMILES string of the molecule is CC1CC(c2ccccc2)n2nc(N3CC(C#N)C3)nc21. The van der Waals surface area contributed by atoms with Crippen LogP contribution in [0.5, 0.6) is 0 Å². The quantitative estimate of drug-likeness (QED) is 0.846. The third-order valence-corrected chi connectivity index (χ3v) is 4.49. The van der Waals surface area contributed by atoms with Crippen molar-refractivity contribution >= 4 is 5.95 Å². The fourth-order valence-corrected chi connectivity index (χ4v) is 3.24. The smallest absolute Gasteiger partial charge is 0.245 e. The van der Waals surface area contributed by atoms with Gasteiger partial charge >= 0.3 is 0 Å². The Bertz CT molecular complexity index is 693. The van der Waals surface area contributed by atoms with Crippen molar-refractivity contribution < 1.29 is 0 Å². The molecule has 2 atom stereocenters. The van der Waals surface area contributed by atoms with Crippen molar-refractivity contribution in [1.29, 1.82) is 5.26 Å². The molecule has 1 aromatic heterocycles. The Labute approximate surface area is 123 Å². The average Bonchev–Trinajstić information content (AvgIpc) is 3.00. The number of rotatable bonds is 2. The minimum absolute atomic E-state index is 0.130. The zero-order valence-corrected chi connectivity index (χ0v) is 12.0. The van der Waals surface area contributed by atoms with Gasteiger partial charge in [0.05, 0.1) is 18.0 Å². The van der Waals surface area contributed by atoms with Gasteiger partial charge < -0.3 is 4.90 Å². The summed E-state index contributed by atoms with van der Waals surface area (Å²) in [7, 11) is 0. The van der Waals surface area contributed by atoms with Crippen LogP contribution in [0, 0.1) is 17.2 Å². The molecule has 2 aliphatic heterocycles. The number of anilines is 1. The molecule has 5 nitrogen and oxygen atoms in total. The fraction of sp³-hybridized carbons (Fsp3) is 0.438. The summed E-state index contributed by atoms with van der Waals surface area (Å²) < 4.78 is 2.08. The van der Waals surface area contributed by atoms with Gasteiger partial charge in [-0.1, -0.05) is 37.3 Å². The van der Waals surface area contributed by atoms with E-state index in [1.807, 2.05) is 6.07 Å². The maximum atomic E-state index is 8.88. The molecule has 4 rings (SSSR count). The third kappa shape index (κ3) is 1.90. The molecule has 2 aliphatic rings. The van der Waals surface area contributed by atoms with Gasteiger partial charge in [0, 0.05) is 19.0 Å². The first-order valence-corrected chi connectivity index (χ1v) is 7.42. The van der Waals surface area contributed by atoms with E-state index in [4.69, 9.17) is 15.3 Å². The van der Waals surface area contributed by atoms with Crippen LogP contribution in [0.4, 0.5) is 5.95 Å². The van der Waals surface area contributed by atoms with Gasteiger partial charge in [0.15, 0.2) is 0 Å². The molecule has 0 radical (unpaired) electrons. The largest absolute Gasteiger partial charge is 0.337 e. The minimum Gasteiger partial charge on any atom is -0.337 e. The number of benzene rings is 1. The molecule has 2 aromatic rings. The molecule has 1 saturated heterocycles. The van der Waals surface area contributed by atoms with Crippen LogP contribution < -0.4 is 4.90 Å². The highest BCUT2D eigenvalue weighted by molar-refractivity contribution is 5.37. The number of nitriles is 1. The van der Waals surface area contributed by atoms with Crippen LogP contribution in [-0.4, -0.2) is 27.9 Å². The predicted molar refractivity (Wildman–Crippen MR) is 79.0 cm³/mol. The fourth-order valence-electron chi connectivity index (χ4n) is 3.24. The van der Waals surface area contributed by atoms with E-state index in [-0.39, 0.29) is 12.0 Å². The van der Waals surface area contributed by atoms with E-state index in [1.54, 1.807) is 0 Å². The molecule has 1 fully saturated rings. The summed E-state index contributed by atoms with van der Waals surface area (Å²) in [5, 5.41) is 13.6. The van der Waals surface area contributed by atoms with Crippen molar-refractivity contribution in [1.82, 2.24) is 14.8 Å². The third-order valence-electron chi connectivity index (χ3n) is 4.49. The minimum atomic E-state index is 0.130. The van der Waals surface area contributed by atoms with Crippen molar-refractivity contribution in [2.24, 2.45) is 5.92 Å². The molecular weight excluding hydrogens is 262 g/mol. The zero-order valence-electron chi connectivity index (χ0n) is 12.0. The first-order chi connectivity index (χ1) is 10.3. The summed E-state index contributed by atoms with van der Waals surface area (Å²) in [6.07, 6.45) is 1.06. The lowest BCUT2D eigenvalue weighted by atomic mass is 10.0. The molecule has 5 heteroatoms. The Morgan fingerprint density at radius 2 is 2.00 bits per heavy atom. The second-order valence-electron chi connectivity index (χ2n) is 6.01. The first kappa shape index (κ1) is 12.4. The van der Waals surface area contributed by atoms with Crippen LogP contribution in [0.2, 0.25) is 0 Å². The van der Waals surface area contributed by atoms with E-state index in [0.29, 0.717) is 5.92 Å². The second kappa shape index (κ2) is 4.59. The monoisotopic (exact) mass is 279 g/mol. The molecule has 3 heterocycles. The van der Waals surface area contributed by atoms with Crippen LogP contribution in [0.15, 0.2) is 30.3 Å². The summed E-state index contributed by atoms with van der Waals surface area (Å²) in [5.41, 5.74) is 1.29. The molecule has 0 bridgehead atoms. The van der Waals surface area contributed by atoms with Gasteiger partial charge in [0.1, 0.15) is 5.82 Å². The maximum absolute atomic E-state index is 8.88. The Morgan fingerprint density at radius 3 is 2.71 bits per heavy atom. The Hall–Kier alpha value is -2.35. The summed E-state index contributed by atoms with van der Waals surface area (Å²) in [5.74, 6) is 2.40. The molecule has 106 valence electrons. The standard InChI is InChI=1S/C16H17N5/c1-11-7-14(13-5-3-2-4-6-13)21-15(11)18-16(19-21)20-9-12(8-17)10-20/h2-6,11-12,14H,7,9-10H2,1H3. The lowest BCUT2D eigenvalue weighted by Gasteiger charge is -2.34. The highest BCUT2D eigenvalue weighted by atomic mass is 15.5. The van der Waals surface area contributed by atoms with Crippen molar-refractivity contribution in [2.45, 2.75) is 25.3 Å². The Morgan fingerprint density at radius 1 is 1.24 bits per heavy atom. The molecule has 1 aromatic carbocycles. The van der Waals surface area contributed by atoms with Crippen molar-refractivity contribution in [3.05, 3.63) is 41.7 Å². The molecule has 0 amide bonds. The molecule has 0 spiro atoms. The Balaban J connectivity index is 1.64. The molecule has 2 unspecified atom stereocenters. The summed E-state index contributed by atoms with van der Waals surface area (Å²) >= 11 is 0. The normalized spacial score (nSPS) is 24.5. The van der Waals surface area contributed by atoms with Crippen molar-refractivity contribution in [3.63, 3.8) is 0 Å². The molecule has 21 heavy (non-hydrogen) atoms. The van der Waals surface area contributed by atoms with E-state index >= 15 is 0 Å². The zero-order chi connectivity index (χ0) is 14.4. The number of fused-ring (bicyclic) bond motifs is 1. The summed E-state index contributed by atoms with van der Waals surface area (Å²) in [4.78, 5) is 6.80. The maximum Gasteiger partial charge on any atom is 0.245 e. The van der Waals surface area contributed by atoms with E-state index in [9.17, 15) is 0 Å². The molecular formula is C16H17N5. The van der Waals surface area contributed by atoms with Gasteiger partial charge in [0.25, 0.3) is 0 Å². The number of aromatic nitrogens is 3. The number of nitrogens with zero attached hydrogens (tertiary/aromatic N) is 5. The van der Waals surface area contributed by atoms with E-state index in [0.717, 1.165) is 31.3 Å². The van der Waals surface area contributed by atoms with Crippen LogP contribution in [0.3, 0.4) is 0 Å². The van der Waals surface area contributed by atoms with Gasteiger partial charge in [-0.3, -0.25) is 0 Å². The van der Waals surface area contributed by atoms with Crippen molar-refractivity contribution in [3.8, 4) is 6.07 Å². The Kier molecular flexibility index (Phi) is 2.71. The van der Waals surface area contributed by atoms with E-state index in [2.05, 4.69) is 46.8 Å². The van der Waals surface area contributed by atoms with Crippen LogP contribution >= 0.6 is 0 Å². The number of hydrogen-bond donors (Lipinski definition) is 0. The molecule has 0 saturated carbocycles. The van der Waals surface area contributed by atoms with Crippen LogP contribution in [0.25, 0.3) is 0 Å². The van der Waals surface area contributed by atoms with Crippen molar-refractivity contribution in [2.75, 3.05) is 18.0 Å². The van der Waals surface area contributed by atoms with Gasteiger partial charge in [-0.15, -0.1) is 5.10 Å². The second-order valence-corrected chi connectivity index (χ2v) is 6.01. The van der Waals surface area contributed by atoms with E-state index < -0.39 is 0 Å². The van der Waals surface area contributed by atoms with Gasteiger partial charge in [0.2, 0.25) is 5.95 Å². The topological polar surface area (TPSA) is 57.7 Å². The predicted octanol–water partition coefficient (Wildman–Crippen LogP) is 2.33. The lowest BCUT2D eigenvalue weighted by Crippen LogP contribution is -2.46. The van der Waals surface area contributed by atoms with E-state index in [1.165, 1.54) is 5.56 Å². The average molecular weight is 279 g/mol. The highest BCUT2D eigenvalue weighted by Crippen LogP contribution is 2.39. The van der Waals surface area contributed by atoms with Crippen LogP contribution in [0.1, 0.15) is 36.7 Å². The van der Waals surface area contributed by atoms with Crippen LogP contribution in [-0.2, 0) is 0 Å². The van der Waals surface area contributed by atoms with Gasteiger partial charge in [-0.05, 0) is 12.0 Å². The highest BCUT2D eigenvalue weighted by Gasteiger charge is 2.36. The first-order valence-electron chi connectivity index (χ1n) is 7.42. The summed E-state index contributed by atoms with van der Waals surface area (Å²) in [6.45, 7) is 3.72. The molecule has 0 aliphatic carbocycles. The van der Waals surface area contributed by atoms with Gasteiger partial charge in [-0.2, -0.15) is 10.2 Å². The number of hydrogen-bond acceptors (Lipinski definition) is 4. The van der Waals surface area contributed by atoms with Gasteiger partial charge in [-0.25, -0.2) is 4.68 Å². The molecule has 0 N–H and O–H groups in total. The lowest BCUT2D eigenvalue weighted by molar-refractivity contribution is 0.483.